The number of esters is 1. The van der Waals surface area contributed by atoms with Crippen LogP contribution in [0.2, 0.25) is 0 Å². The number of hydrogen-bond donors (Lipinski definition) is 2. The Morgan fingerprint density at radius 1 is 1.11 bits per heavy atom. The van der Waals surface area contributed by atoms with Crippen molar-refractivity contribution in [2.45, 2.75) is 19.9 Å². The van der Waals surface area contributed by atoms with Gasteiger partial charge in [0.1, 0.15) is 5.56 Å². The van der Waals surface area contributed by atoms with Crippen LogP contribution < -0.4 is 10.9 Å². The van der Waals surface area contributed by atoms with Crippen LogP contribution in [0.25, 0.3) is 27.5 Å². The molecular weight excluding hydrogens is 442 g/mol. The molecular formula is C27H27N5O3. The number of benzene rings is 2. The fraction of sp³-hybridized carbons (Fsp3) is 0.222. The normalized spacial score (nSPS) is 11.4. The highest BCUT2D eigenvalue weighted by Gasteiger charge is 2.21. The number of pyridine rings is 1. The first-order valence-electron chi connectivity index (χ1n) is 11.7. The number of carbonyl (C=O) groups excluding carboxylic acids is 1. The van der Waals surface area contributed by atoms with E-state index in [1.165, 1.54) is 17.1 Å². The van der Waals surface area contributed by atoms with Crippen LogP contribution in [0.3, 0.4) is 0 Å². The summed E-state index contributed by atoms with van der Waals surface area (Å²) in [5.74, 6) is -0.430. The summed E-state index contributed by atoms with van der Waals surface area (Å²) in [7, 11) is 1.74. The zero-order valence-electron chi connectivity index (χ0n) is 19.7. The zero-order chi connectivity index (χ0) is 24.4. The number of H-pyrrole nitrogens is 1. The minimum atomic E-state index is -0.430. The highest BCUT2D eigenvalue weighted by Crippen LogP contribution is 2.23. The summed E-state index contributed by atoms with van der Waals surface area (Å²) in [5, 5.41) is 10.0. The van der Waals surface area contributed by atoms with Crippen molar-refractivity contribution in [1.29, 1.82) is 0 Å². The summed E-state index contributed by atoms with van der Waals surface area (Å²) in [6.07, 6.45) is 4.37. The van der Waals surface area contributed by atoms with Gasteiger partial charge in [-0.3, -0.25) is 4.79 Å². The molecule has 0 atom stereocenters. The highest BCUT2D eigenvalue weighted by molar-refractivity contribution is 5.92. The average molecular weight is 470 g/mol. The molecule has 0 radical (unpaired) electrons. The second-order valence-electron chi connectivity index (χ2n) is 8.37. The molecule has 0 amide bonds. The molecule has 5 rings (SSSR count). The van der Waals surface area contributed by atoms with Crippen LogP contribution in [-0.4, -0.2) is 38.5 Å². The van der Waals surface area contributed by atoms with Gasteiger partial charge in [0.05, 0.1) is 29.7 Å². The standard InChI is InChI=1S/C27H27N5O3/c1-3-35-27(34)21-16-30-32(24-14-26(33)31(2)23-11-7-5-9-20(23)24)25(21)17-28-13-12-18-15-29-22-10-6-4-8-19(18)22/h4-11,14-16,28-29H,3,12-13,17H2,1-2H3. The first kappa shape index (κ1) is 22.6. The van der Waals surface area contributed by atoms with Crippen LogP contribution in [-0.2, 0) is 24.8 Å². The van der Waals surface area contributed by atoms with E-state index in [1.807, 2.05) is 42.6 Å². The quantitative estimate of drug-likeness (QED) is 0.267. The molecule has 8 heteroatoms. The van der Waals surface area contributed by atoms with E-state index >= 15 is 0 Å². The van der Waals surface area contributed by atoms with Gasteiger partial charge in [-0.2, -0.15) is 5.10 Å². The number of hydrogen-bond acceptors (Lipinski definition) is 5. The minimum Gasteiger partial charge on any atom is -0.462 e. The topological polar surface area (TPSA) is 93.9 Å². The van der Waals surface area contributed by atoms with Gasteiger partial charge in [-0.05, 0) is 37.6 Å². The number of aryl methyl sites for hydroxylation is 1. The Hall–Kier alpha value is -4.17. The lowest BCUT2D eigenvalue weighted by Crippen LogP contribution is -2.23. The second kappa shape index (κ2) is 9.60. The molecule has 0 saturated heterocycles. The molecule has 8 nitrogen and oxygen atoms in total. The monoisotopic (exact) mass is 469 g/mol. The maximum Gasteiger partial charge on any atom is 0.341 e. The lowest BCUT2D eigenvalue weighted by atomic mass is 10.1. The molecule has 0 unspecified atom stereocenters. The van der Waals surface area contributed by atoms with Crippen LogP contribution in [0.5, 0.6) is 0 Å². The number of aromatic nitrogens is 4. The molecule has 2 N–H and O–H groups in total. The SMILES string of the molecule is CCOC(=O)c1cnn(-c2cc(=O)n(C)c3ccccc23)c1CNCCc1c[nH]c2ccccc12. The third kappa shape index (κ3) is 4.24. The number of rotatable bonds is 8. The van der Waals surface area contributed by atoms with Gasteiger partial charge in [0.15, 0.2) is 0 Å². The number of nitrogens with zero attached hydrogens (tertiary/aromatic N) is 3. The van der Waals surface area contributed by atoms with Crippen LogP contribution in [0.15, 0.2) is 71.8 Å². The molecule has 0 saturated carbocycles. The summed E-state index contributed by atoms with van der Waals surface area (Å²) in [4.78, 5) is 28.7. The molecule has 0 aliphatic carbocycles. The number of nitrogens with one attached hydrogen (secondary N) is 2. The lowest BCUT2D eigenvalue weighted by molar-refractivity contribution is 0.0525. The average Bonchev–Trinajstić information content (AvgIpc) is 3.49. The third-order valence-electron chi connectivity index (χ3n) is 6.26. The lowest BCUT2D eigenvalue weighted by Gasteiger charge is -2.14. The second-order valence-corrected chi connectivity index (χ2v) is 8.37. The van der Waals surface area contributed by atoms with Crippen molar-refractivity contribution in [2.24, 2.45) is 7.05 Å². The van der Waals surface area contributed by atoms with Crippen molar-refractivity contribution in [3.8, 4) is 5.69 Å². The number of fused-ring (bicyclic) bond motifs is 2. The van der Waals surface area contributed by atoms with Crippen LogP contribution in [0.4, 0.5) is 0 Å². The molecule has 3 aromatic heterocycles. The number of aromatic amines is 1. The fourth-order valence-electron chi connectivity index (χ4n) is 4.47. The minimum absolute atomic E-state index is 0.148. The van der Waals surface area contributed by atoms with Crippen molar-refractivity contribution < 1.29 is 9.53 Å². The molecule has 0 bridgehead atoms. The van der Waals surface area contributed by atoms with Gasteiger partial charge in [0.25, 0.3) is 5.56 Å². The summed E-state index contributed by atoms with van der Waals surface area (Å²) >= 11 is 0. The van der Waals surface area contributed by atoms with E-state index < -0.39 is 5.97 Å². The van der Waals surface area contributed by atoms with Crippen LogP contribution in [0, 0.1) is 0 Å². The van der Waals surface area contributed by atoms with Crippen molar-refractivity contribution in [1.82, 2.24) is 24.6 Å². The Labute approximate surface area is 202 Å². The first-order valence-corrected chi connectivity index (χ1v) is 11.7. The van der Waals surface area contributed by atoms with E-state index in [0.717, 1.165) is 22.8 Å². The van der Waals surface area contributed by atoms with Crippen molar-refractivity contribution in [2.75, 3.05) is 13.2 Å². The Kier molecular flexibility index (Phi) is 6.20. The van der Waals surface area contributed by atoms with E-state index in [2.05, 4.69) is 27.5 Å². The maximum absolute atomic E-state index is 12.7. The molecule has 0 spiro atoms. The Morgan fingerprint density at radius 2 is 1.89 bits per heavy atom. The van der Waals surface area contributed by atoms with Crippen LogP contribution in [0.1, 0.15) is 28.5 Å². The van der Waals surface area contributed by atoms with E-state index in [4.69, 9.17) is 4.74 Å². The molecule has 0 fully saturated rings. The summed E-state index contributed by atoms with van der Waals surface area (Å²) in [5.41, 5.74) is 4.66. The van der Waals surface area contributed by atoms with E-state index in [9.17, 15) is 9.59 Å². The fourth-order valence-corrected chi connectivity index (χ4v) is 4.47. The van der Waals surface area contributed by atoms with Gasteiger partial charge in [-0.1, -0.05) is 36.4 Å². The molecule has 178 valence electrons. The number of ether oxygens (including phenoxy) is 1. The molecule has 0 aliphatic heterocycles. The first-order chi connectivity index (χ1) is 17.1. The summed E-state index contributed by atoms with van der Waals surface area (Å²) < 4.78 is 8.55. The third-order valence-corrected chi connectivity index (χ3v) is 6.26. The summed E-state index contributed by atoms with van der Waals surface area (Å²) in [6.45, 7) is 3.13. The number of para-hydroxylation sites is 2. The van der Waals surface area contributed by atoms with Gasteiger partial charge in [0.2, 0.25) is 0 Å². The van der Waals surface area contributed by atoms with Gasteiger partial charge in [-0.25, -0.2) is 9.48 Å². The van der Waals surface area contributed by atoms with E-state index in [-0.39, 0.29) is 12.2 Å². The van der Waals surface area contributed by atoms with Crippen molar-refractivity contribution in [3.63, 3.8) is 0 Å². The van der Waals surface area contributed by atoms with E-state index in [1.54, 1.807) is 29.3 Å². The van der Waals surface area contributed by atoms with Crippen LogP contribution >= 0.6 is 0 Å². The van der Waals surface area contributed by atoms with Gasteiger partial charge < -0.3 is 19.6 Å². The Balaban J connectivity index is 1.46. The Morgan fingerprint density at radius 3 is 2.71 bits per heavy atom. The van der Waals surface area contributed by atoms with Gasteiger partial charge in [-0.15, -0.1) is 0 Å². The van der Waals surface area contributed by atoms with Crippen molar-refractivity contribution >= 4 is 27.8 Å². The summed E-state index contributed by atoms with van der Waals surface area (Å²) in [6, 6.07) is 17.4. The molecule has 0 aliphatic rings. The predicted molar refractivity (Wildman–Crippen MR) is 136 cm³/mol. The largest absolute Gasteiger partial charge is 0.462 e. The predicted octanol–water partition coefficient (Wildman–Crippen LogP) is 3.71. The van der Waals surface area contributed by atoms with Crippen molar-refractivity contribution in [3.05, 3.63) is 94.2 Å². The van der Waals surface area contributed by atoms with Gasteiger partial charge >= 0.3 is 5.97 Å². The molecule has 2 aromatic carbocycles. The van der Waals surface area contributed by atoms with Gasteiger partial charge in [0, 0.05) is 42.1 Å². The zero-order valence-corrected chi connectivity index (χ0v) is 19.7. The molecule has 5 aromatic rings. The Bertz CT molecular complexity index is 1580. The van der Waals surface area contributed by atoms with E-state index in [0.29, 0.717) is 30.0 Å². The number of carbonyl (C=O) groups is 1. The molecule has 35 heavy (non-hydrogen) atoms. The smallest absolute Gasteiger partial charge is 0.341 e. The highest BCUT2D eigenvalue weighted by atomic mass is 16.5. The maximum atomic E-state index is 12.7. The molecule has 3 heterocycles.